The van der Waals surface area contributed by atoms with Gasteiger partial charge < -0.3 is 15.9 Å². The molecule has 0 amide bonds. The van der Waals surface area contributed by atoms with E-state index in [1.807, 2.05) is 17.5 Å². The fourth-order valence-electron chi connectivity index (χ4n) is 0.291. The van der Waals surface area contributed by atoms with Crippen LogP contribution in [0.2, 0.25) is 0 Å². The maximum Gasteiger partial charge on any atom is 0.414 e. The third kappa shape index (κ3) is 5.24. The molecule has 66 valence electrons. The Labute approximate surface area is 72.1 Å². The summed E-state index contributed by atoms with van der Waals surface area (Å²) in [7, 11) is 0. The predicted octanol–water partition coefficient (Wildman–Crippen LogP) is 0.486. The molecule has 0 radical (unpaired) electrons. The second-order valence-electron chi connectivity index (χ2n) is 1.63. The van der Waals surface area contributed by atoms with Crippen LogP contribution in [0.25, 0.3) is 0 Å². The zero-order valence-electron chi connectivity index (χ0n) is 5.93. The van der Waals surface area contributed by atoms with Gasteiger partial charge in [0.15, 0.2) is 0 Å². The highest BCUT2D eigenvalue weighted by molar-refractivity contribution is 7.13. The topological polar surface area (TPSA) is 101 Å². The van der Waals surface area contributed by atoms with Gasteiger partial charge in [0.05, 0.1) is 5.00 Å². The van der Waals surface area contributed by atoms with Gasteiger partial charge in [-0.3, -0.25) is 0 Å². The molecule has 1 aromatic rings. The third-order valence-electron chi connectivity index (χ3n) is 0.726. The largest absolute Gasteiger partial charge is 0.473 e. The molecule has 6 heteroatoms. The Bertz CT molecular complexity index is 245. The SMILES string of the molecule is Nc1cccs1.O=C(O)C(=O)O. The number of thiophene rings is 1. The number of hydrogen-bond donors (Lipinski definition) is 3. The van der Waals surface area contributed by atoms with E-state index in [4.69, 9.17) is 25.5 Å². The number of hydrogen-bond acceptors (Lipinski definition) is 4. The number of rotatable bonds is 0. The van der Waals surface area contributed by atoms with Gasteiger partial charge >= 0.3 is 11.9 Å². The molecule has 0 bridgehead atoms. The Balaban J connectivity index is 0.000000202. The molecule has 0 saturated heterocycles. The van der Waals surface area contributed by atoms with Crippen molar-refractivity contribution >= 4 is 28.3 Å². The maximum atomic E-state index is 9.10. The van der Waals surface area contributed by atoms with E-state index in [2.05, 4.69) is 0 Å². The summed E-state index contributed by atoms with van der Waals surface area (Å²) in [6, 6.07) is 3.81. The highest BCUT2D eigenvalue weighted by Crippen LogP contribution is 2.07. The van der Waals surface area contributed by atoms with Crippen LogP contribution in [0.5, 0.6) is 0 Å². The number of nitrogens with two attached hydrogens (primary N) is 1. The fraction of sp³-hybridized carbons (Fsp3) is 0. The molecule has 0 aromatic carbocycles. The molecule has 0 aliphatic carbocycles. The van der Waals surface area contributed by atoms with Crippen molar-refractivity contribution < 1.29 is 19.8 Å². The number of carboxylic acid groups (broad SMARTS) is 2. The van der Waals surface area contributed by atoms with Crippen LogP contribution in [0.3, 0.4) is 0 Å². The molecule has 1 rings (SSSR count). The van der Waals surface area contributed by atoms with Gasteiger partial charge in [0, 0.05) is 0 Å². The minimum absolute atomic E-state index is 0.884. The Morgan fingerprint density at radius 1 is 1.33 bits per heavy atom. The van der Waals surface area contributed by atoms with Crippen LogP contribution in [-0.4, -0.2) is 22.2 Å². The minimum Gasteiger partial charge on any atom is -0.473 e. The van der Waals surface area contributed by atoms with Crippen molar-refractivity contribution in [1.29, 1.82) is 0 Å². The molecule has 0 saturated carbocycles. The normalized spacial score (nSPS) is 8.00. The lowest BCUT2D eigenvalue weighted by atomic mass is 10.6. The number of carbonyl (C=O) groups is 2. The van der Waals surface area contributed by atoms with Gasteiger partial charge in [-0.1, -0.05) is 0 Å². The maximum absolute atomic E-state index is 9.10. The van der Waals surface area contributed by atoms with Crippen LogP contribution < -0.4 is 5.73 Å². The molecule has 4 N–H and O–H groups in total. The second-order valence-corrected chi connectivity index (χ2v) is 2.60. The summed E-state index contributed by atoms with van der Waals surface area (Å²) >= 11 is 1.56. The van der Waals surface area contributed by atoms with Crippen molar-refractivity contribution in [2.24, 2.45) is 0 Å². The first-order valence-electron chi connectivity index (χ1n) is 2.79. The molecule has 0 fully saturated rings. The lowest BCUT2D eigenvalue weighted by molar-refractivity contribution is -0.159. The van der Waals surface area contributed by atoms with E-state index in [0.717, 1.165) is 5.00 Å². The van der Waals surface area contributed by atoms with E-state index in [1.165, 1.54) is 0 Å². The number of carboxylic acids is 2. The summed E-state index contributed by atoms with van der Waals surface area (Å²) < 4.78 is 0. The zero-order chi connectivity index (χ0) is 9.56. The first-order valence-corrected chi connectivity index (χ1v) is 3.67. The Morgan fingerprint density at radius 3 is 1.92 bits per heavy atom. The van der Waals surface area contributed by atoms with Crippen LogP contribution in [0.4, 0.5) is 5.00 Å². The van der Waals surface area contributed by atoms with Crippen LogP contribution in [0.15, 0.2) is 17.5 Å². The molecule has 0 spiro atoms. The van der Waals surface area contributed by atoms with Crippen LogP contribution in [0, 0.1) is 0 Å². The zero-order valence-corrected chi connectivity index (χ0v) is 6.75. The van der Waals surface area contributed by atoms with Gasteiger partial charge in [0.1, 0.15) is 0 Å². The molecule has 5 nitrogen and oxygen atoms in total. The monoisotopic (exact) mass is 189 g/mol. The average Bonchev–Trinajstić information content (AvgIpc) is 2.40. The predicted molar refractivity (Wildman–Crippen MR) is 44.0 cm³/mol. The van der Waals surface area contributed by atoms with Crippen LogP contribution >= 0.6 is 11.3 Å². The first kappa shape index (κ1) is 10.4. The molecule has 0 unspecified atom stereocenters. The van der Waals surface area contributed by atoms with Crippen molar-refractivity contribution in [2.75, 3.05) is 5.73 Å². The van der Waals surface area contributed by atoms with E-state index in [0.29, 0.717) is 0 Å². The highest BCUT2D eigenvalue weighted by Gasteiger charge is 2.04. The summed E-state index contributed by atoms with van der Waals surface area (Å²) in [5.74, 6) is -3.65. The number of aliphatic carboxylic acids is 2. The molecule has 0 atom stereocenters. The van der Waals surface area contributed by atoms with Crippen LogP contribution in [-0.2, 0) is 9.59 Å². The molecule has 12 heavy (non-hydrogen) atoms. The van der Waals surface area contributed by atoms with Gasteiger partial charge in [0.25, 0.3) is 0 Å². The van der Waals surface area contributed by atoms with Crippen molar-refractivity contribution in [3.8, 4) is 0 Å². The number of anilines is 1. The lowest BCUT2D eigenvalue weighted by Crippen LogP contribution is -2.09. The Hall–Kier alpha value is -1.56. The summed E-state index contributed by atoms with van der Waals surface area (Å²) in [4.78, 5) is 18.2. The summed E-state index contributed by atoms with van der Waals surface area (Å²) in [6.45, 7) is 0. The van der Waals surface area contributed by atoms with Crippen molar-refractivity contribution in [3.63, 3.8) is 0 Å². The van der Waals surface area contributed by atoms with Gasteiger partial charge in [-0.25, -0.2) is 9.59 Å². The van der Waals surface area contributed by atoms with E-state index >= 15 is 0 Å². The Morgan fingerprint density at radius 2 is 1.83 bits per heavy atom. The van der Waals surface area contributed by atoms with Gasteiger partial charge in [0.2, 0.25) is 0 Å². The number of nitrogen functional groups attached to an aromatic ring is 1. The quantitative estimate of drug-likeness (QED) is 0.515. The van der Waals surface area contributed by atoms with Crippen molar-refractivity contribution in [3.05, 3.63) is 17.5 Å². The van der Waals surface area contributed by atoms with E-state index in [-0.39, 0.29) is 0 Å². The summed E-state index contributed by atoms with van der Waals surface area (Å²) in [5.41, 5.74) is 5.30. The molecular formula is C6H7NO4S. The third-order valence-corrected chi connectivity index (χ3v) is 1.43. The van der Waals surface area contributed by atoms with Gasteiger partial charge in [-0.2, -0.15) is 0 Å². The molecule has 0 aliphatic heterocycles. The summed E-state index contributed by atoms with van der Waals surface area (Å²) in [5, 5.41) is 17.6. The lowest BCUT2D eigenvalue weighted by Gasteiger charge is -1.72. The second kappa shape index (κ2) is 5.14. The standard InChI is InChI=1S/C4H5NS.C2H2O4/c5-4-2-1-3-6-4;3-1(4)2(5)6/h1-3H,5H2;(H,3,4)(H,5,6). The van der Waals surface area contributed by atoms with Gasteiger partial charge in [-0.15, -0.1) is 11.3 Å². The smallest absolute Gasteiger partial charge is 0.414 e. The molecule has 1 heterocycles. The fourth-order valence-corrected chi connectivity index (χ4v) is 0.763. The van der Waals surface area contributed by atoms with Crippen molar-refractivity contribution in [2.45, 2.75) is 0 Å². The highest BCUT2D eigenvalue weighted by atomic mass is 32.1. The van der Waals surface area contributed by atoms with Gasteiger partial charge in [-0.05, 0) is 17.5 Å². The molecule has 0 aliphatic rings. The first-order chi connectivity index (χ1) is 5.54. The van der Waals surface area contributed by atoms with Crippen molar-refractivity contribution in [1.82, 2.24) is 0 Å². The molecule has 1 aromatic heterocycles. The van der Waals surface area contributed by atoms with E-state index < -0.39 is 11.9 Å². The Kier molecular flexibility index (Phi) is 4.47. The van der Waals surface area contributed by atoms with E-state index in [1.54, 1.807) is 11.3 Å². The minimum atomic E-state index is -1.82. The van der Waals surface area contributed by atoms with Crippen LogP contribution in [0.1, 0.15) is 0 Å². The average molecular weight is 189 g/mol. The van der Waals surface area contributed by atoms with E-state index in [9.17, 15) is 0 Å². The summed E-state index contributed by atoms with van der Waals surface area (Å²) in [6.07, 6.45) is 0. The molecular weight excluding hydrogens is 182 g/mol.